The Morgan fingerprint density at radius 1 is 1.15 bits per heavy atom. The summed E-state index contributed by atoms with van der Waals surface area (Å²) in [7, 11) is 0. The highest BCUT2D eigenvalue weighted by Crippen LogP contribution is 2.39. The van der Waals surface area contributed by atoms with Crippen molar-refractivity contribution >= 4 is 11.8 Å². The number of amides is 2. The molecule has 2 aliphatic heterocycles. The molecular weight excluding hydrogens is 344 g/mol. The van der Waals surface area contributed by atoms with E-state index in [9.17, 15) is 14.7 Å². The van der Waals surface area contributed by atoms with Crippen LogP contribution in [0.15, 0.2) is 43.0 Å². The van der Waals surface area contributed by atoms with Crippen molar-refractivity contribution in [2.24, 2.45) is 0 Å². The maximum Gasteiger partial charge on any atom is 0.254 e. The van der Waals surface area contributed by atoms with Crippen molar-refractivity contribution in [2.75, 3.05) is 26.2 Å². The van der Waals surface area contributed by atoms with Gasteiger partial charge in [0.25, 0.3) is 5.91 Å². The number of β-amino-alcohol motifs (C(OH)–C–C–N with tert-alkyl or cyclic N) is 1. The SMILES string of the molecule is O=C(c1ccc(-n2ccnc2)cc1)N1CCCC12CCCN(CCO)C2=O. The lowest BCUT2D eigenvalue weighted by atomic mass is 9.85. The van der Waals surface area contributed by atoms with E-state index in [-0.39, 0.29) is 18.4 Å². The summed E-state index contributed by atoms with van der Waals surface area (Å²) in [5.74, 6) is -0.104. The second-order valence-corrected chi connectivity index (χ2v) is 7.23. The minimum atomic E-state index is -0.743. The predicted octanol–water partition coefficient (Wildman–Crippen LogP) is 1.46. The largest absolute Gasteiger partial charge is 0.395 e. The summed E-state index contributed by atoms with van der Waals surface area (Å²) in [6.07, 6.45) is 8.36. The third kappa shape index (κ3) is 3.02. The summed E-state index contributed by atoms with van der Waals surface area (Å²) in [5.41, 5.74) is 0.781. The molecule has 1 spiro atoms. The van der Waals surface area contributed by atoms with Crippen LogP contribution in [0.4, 0.5) is 0 Å². The Labute approximate surface area is 158 Å². The van der Waals surface area contributed by atoms with Gasteiger partial charge in [-0.2, -0.15) is 0 Å². The lowest BCUT2D eigenvalue weighted by Crippen LogP contribution is -2.61. The van der Waals surface area contributed by atoms with E-state index in [0.29, 0.717) is 38.0 Å². The number of nitrogens with zero attached hydrogens (tertiary/aromatic N) is 4. The number of hydrogen-bond donors (Lipinski definition) is 1. The first-order valence-corrected chi connectivity index (χ1v) is 9.46. The first-order chi connectivity index (χ1) is 13.2. The Bertz CT molecular complexity index is 816. The lowest BCUT2D eigenvalue weighted by molar-refractivity contribution is -0.146. The van der Waals surface area contributed by atoms with Crippen molar-refractivity contribution in [2.45, 2.75) is 31.2 Å². The zero-order valence-corrected chi connectivity index (χ0v) is 15.3. The van der Waals surface area contributed by atoms with Gasteiger partial charge in [0, 0.05) is 43.3 Å². The number of piperidine rings is 1. The van der Waals surface area contributed by atoms with E-state index in [1.54, 1.807) is 22.3 Å². The van der Waals surface area contributed by atoms with Gasteiger partial charge in [0.1, 0.15) is 5.54 Å². The predicted molar refractivity (Wildman–Crippen MR) is 99.5 cm³/mol. The standard InChI is InChI=1S/C20H24N4O3/c25-14-13-22-10-1-7-20(19(22)27)8-2-11-24(20)18(26)16-3-5-17(6-4-16)23-12-9-21-15-23/h3-6,9,12,15,25H,1-2,7-8,10-11,13-14H2. The molecule has 2 fully saturated rings. The highest BCUT2D eigenvalue weighted by molar-refractivity contribution is 6.00. The summed E-state index contributed by atoms with van der Waals surface area (Å²) < 4.78 is 1.88. The van der Waals surface area contributed by atoms with Crippen LogP contribution < -0.4 is 0 Å². The van der Waals surface area contributed by atoms with Gasteiger partial charge in [-0.1, -0.05) is 0 Å². The fourth-order valence-electron chi connectivity index (χ4n) is 4.40. The first kappa shape index (κ1) is 17.7. The fraction of sp³-hybridized carbons (Fsp3) is 0.450. The van der Waals surface area contributed by atoms with Crippen LogP contribution in [0.25, 0.3) is 5.69 Å². The molecule has 1 aromatic carbocycles. The van der Waals surface area contributed by atoms with Crippen molar-refractivity contribution in [1.29, 1.82) is 0 Å². The number of imidazole rings is 1. The van der Waals surface area contributed by atoms with Crippen LogP contribution in [0.5, 0.6) is 0 Å². The molecule has 2 aliphatic rings. The molecule has 0 saturated carbocycles. The van der Waals surface area contributed by atoms with Gasteiger partial charge >= 0.3 is 0 Å². The van der Waals surface area contributed by atoms with E-state index in [2.05, 4.69) is 4.98 Å². The molecule has 142 valence electrons. The Kier molecular flexibility index (Phi) is 4.70. The van der Waals surface area contributed by atoms with E-state index >= 15 is 0 Å². The summed E-state index contributed by atoms with van der Waals surface area (Å²) in [6.45, 7) is 1.54. The number of aromatic nitrogens is 2. The van der Waals surface area contributed by atoms with Gasteiger partial charge in [-0.05, 0) is 49.9 Å². The van der Waals surface area contributed by atoms with E-state index in [1.165, 1.54) is 0 Å². The Hall–Kier alpha value is -2.67. The molecule has 7 nitrogen and oxygen atoms in total. The minimum absolute atomic E-state index is 0.0105. The number of carbonyl (C=O) groups is 2. The van der Waals surface area contributed by atoms with Crippen LogP contribution in [0.2, 0.25) is 0 Å². The molecule has 1 unspecified atom stereocenters. The number of rotatable bonds is 4. The second kappa shape index (κ2) is 7.15. The molecule has 2 saturated heterocycles. The highest BCUT2D eigenvalue weighted by Gasteiger charge is 2.52. The molecule has 1 atom stereocenters. The third-order valence-corrected chi connectivity index (χ3v) is 5.72. The minimum Gasteiger partial charge on any atom is -0.395 e. The topological polar surface area (TPSA) is 78.7 Å². The zero-order valence-electron chi connectivity index (χ0n) is 15.3. The van der Waals surface area contributed by atoms with E-state index in [0.717, 1.165) is 18.5 Å². The first-order valence-electron chi connectivity index (χ1n) is 9.46. The summed E-state index contributed by atoms with van der Waals surface area (Å²) >= 11 is 0. The number of aliphatic hydroxyl groups is 1. The third-order valence-electron chi connectivity index (χ3n) is 5.72. The molecule has 4 rings (SSSR count). The van der Waals surface area contributed by atoms with Crippen LogP contribution in [-0.2, 0) is 4.79 Å². The van der Waals surface area contributed by atoms with Gasteiger partial charge in [0.05, 0.1) is 12.9 Å². The molecule has 27 heavy (non-hydrogen) atoms. The average Bonchev–Trinajstić information content (AvgIpc) is 3.36. The molecule has 2 aromatic rings. The maximum atomic E-state index is 13.2. The molecule has 3 heterocycles. The molecule has 1 aromatic heterocycles. The molecule has 1 N–H and O–H groups in total. The molecule has 2 amide bonds. The average molecular weight is 368 g/mol. The van der Waals surface area contributed by atoms with Gasteiger partial charge in [-0.3, -0.25) is 9.59 Å². The maximum absolute atomic E-state index is 13.2. The van der Waals surface area contributed by atoms with E-state index in [4.69, 9.17) is 0 Å². The van der Waals surface area contributed by atoms with Crippen molar-refractivity contribution in [3.63, 3.8) is 0 Å². The van der Waals surface area contributed by atoms with Crippen molar-refractivity contribution in [3.05, 3.63) is 48.5 Å². The van der Waals surface area contributed by atoms with Crippen LogP contribution in [0, 0.1) is 0 Å². The van der Waals surface area contributed by atoms with Crippen molar-refractivity contribution in [3.8, 4) is 5.69 Å². The smallest absolute Gasteiger partial charge is 0.254 e. The summed E-state index contributed by atoms with van der Waals surface area (Å²) in [5, 5.41) is 9.24. The number of aliphatic hydroxyl groups excluding tert-OH is 1. The van der Waals surface area contributed by atoms with Gasteiger partial charge in [0.2, 0.25) is 5.91 Å². The molecule has 0 radical (unpaired) electrons. The van der Waals surface area contributed by atoms with Crippen molar-refractivity contribution < 1.29 is 14.7 Å². The molecule has 0 bridgehead atoms. The molecular formula is C20H24N4O3. The number of likely N-dealkylation sites (tertiary alicyclic amines) is 2. The van der Waals surface area contributed by atoms with E-state index < -0.39 is 5.54 Å². The van der Waals surface area contributed by atoms with Gasteiger partial charge in [-0.25, -0.2) is 4.98 Å². The van der Waals surface area contributed by atoms with Crippen LogP contribution in [0.1, 0.15) is 36.0 Å². The molecule has 7 heteroatoms. The lowest BCUT2D eigenvalue weighted by Gasteiger charge is -2.44. The second-order valence-electron chi connectivity index (χ2n) is 7.23. The van der Waals surface area contributed by atoms with Gasteiger partial charge < -0.3 is 19.5 Å². The van der Waals surface area contributed by atoms with Crippen molar-refractivity contribution in [1.82, 2.24) is 19.4 Å². The Morgan fingerprint density at radius 2 is 1.89 bits per heavy atom. The monoisotopic (exact) mass is 368 g/mol. The van der Waals surface area contributed by atoms with Crippen LogP contribution >= 0.6 is 0 Å². The van der Waals surface area contributed by atoms with E-state index in [1.807, 2.05) is 35.0 Å². The normalized spacial score (nSPS) is 22.6. The number of carbonyl (C=O) groups excluding carboxylic acids is 2. The zero-order chi connectivity index (χ0) is 18.9. The Balaban J connectivity index is 1.58. The quantitative estimate of drug-likeness (QED) is 0.886. The Morgan fingerprint density at radius 3 is 2.56 bits per heavy atom. The van der Waals surface area contributed by atoms with Gasteiger partial charge in [0.15, 0.2) is 0 Å². The highest BCUT2D eigenvalue weighted by atomic mass is 16.3. The fourth-order valence-corrected chi connectivity index (χ4v) is 4.40. The van der Waals surface area contributed by atoms with Crippen LogP contribution in [-0.4, -0.2) is 68.1 Å². The summed E-state index contributed by atoms with van der Waals surface area (Å²) in [4.78, 5) is 33.8. The molecule has 0 aliphatic carbocycles. The number of hydrogen-bond acceptors (Lipinski definition) is 4. The summed E-state index contributed by atoms with van der Waals surface area (Å²) in [6, 6.07) is 7.39. The van der Waals surface area contributed by atoms with Gasteiger partial charge in [-0.15, -0.1) is 0 Å². The van der Waals surface area contributed by atoms with Crippen LogP contribution in [0.3, 0.4) is 0 Å². The number of benzene rings is 1.